The molecule has 0 radical (unpaired) electrons. The van der Waals surface area contributed by atoms with Crippen molar-refractivity contribution in [3.05, 3.63) is 62.0 Å². The van der Waals surface area contributed by atoms with Crippen molar-refractivity contribution in [1.29, 1.82) is 0 Å². The lowest BCUT2D eigenvalue weighted by atomic mass is 9.73. The molecule has 6 heteroatoms. The van der Waals surface area contributed by atoms with E-state index in [1.54, 1.807) is 24.3 Å². The van der Waals surface area contributed by atoms with Crippen LogP contribution in [0.25, 0.3) is 0 Å². The summed E-state index contributed by atoms with van der Waals surface area (Å²) in [5.74, 6) is 0.952. The number of ether oxygens (including phenoxy) is 1. The van der Waals surface area contributed by atoms with Gasteiger partial charge in [-0.15, -0.1) is 19.7 Å². The van der Waals surface area contributed by atoms with E-state index in [-0.39, 0.29) is 20.8 Å². The quantitative estimate of drug-likeness (QED) is 0.0483. The summed E-state index contributed by atoms with van der Waals surface area (Å²) in [5.41, 5.74) is -0.123. The third-order valence-electron chi connectivity index (χ3n) is 9.64. The number of thioether (sulfide) groups is 2. The van der Waals surface area contributed by atoms with E-state index in [4.69, 9.17) is 4.74 Å². The maximum atomic E-state index is 13.0. The largest absolute Gasteiger partial charge is 0.492 e. The summed E-state index contributed by atoms with van der Waals surface area (Å²) in [5, 5.41) is 0.158. The molecule has 48 heavy (non-hydrogen) atoms. The van der Waals surface area contributed by atoms with Gasteiger partial charge in [-0.25, -0.2) is 0 Å². The van der Waals surface area contributed by atoms with Crippen LogP contribution in [0.2, 0.25) is 0 Å². The molecule has 2 heterocycles. The molecule has 4 nitrogen and oxygen atoms in total. The lowest BCUT2D eigenvalue weighted by molar-refractivity contribution is -0.135. The Labute approximate surface area is 303 Å². The van der Waals surface area contributed by atoms with Crippen molar-refractivity contribution in [1.82, 2.24) is 0 Å². The third-order valence-corrected chi connectivity index (χ3v) is 12.3. The first-order chi connectivity index (χ1) is 23.1. The molecular weight excluding hydrogens is 633 g/mol. The van der Waals surface area contributed by atoms with Crippen LogP contribution in [-0.2, 0) is 19.1 Å². The minimum Gasteiger partial charge on any atom is -0.492 e. The van der Waals surface area contributed by atoms with Gasteiger partial charge in [0.05, 0.1) is 9.49 Å². The van der Waals surface area contributed by atoms with Crippen molar-refractivity contribution in [2.24, 2.45) is 5.41 Å². The number of allylic oxidation sites excluding steroid dienone is 3. The van der Waals surface area contributed by atoms with Crippen LogP contribution in [-0.4, -0.2) is 32.1 Å². The lowest BCUT2D eigenvalue weighted by Crippen LogP contribution is -2.39. The highest BCUT2D eigenvalue weighted by atomic mass is 32.2. The number of ketones is 1. The molecule has 1 saturated heterocycles. The van der Waals surface area contributed by atoms with Crippen LogP contribution in [0.5, 0.6) is 0 Å². The molecule has 0 unspecified atom stereocenters. The third kappa shape index (κ3) is 13.8. The highest BCUT2D eigenvalue weighted by Gasteiger charge is 2.59. The van der Waals surface area contributed by atoms with Gasteiger partial charge in [-0.1, -0.05) is 171 Å². The average molecular weight is 701 g/mol. The molecule has 0 aromatic carbocycles. The molecule has 0 aromatic heterocycles. The first-order valence-electron chi connectivity index (χ1n) is 18.9. The predicted octanol–water partition coefficient (Wildman–Crippen LogP) is 12.8. The molecule has 0 saturated carbocycles. The molecule has 272 valence electrons. The Hall–Kier alpha value is -1.79. The highest BCUT2D eigenvalue weighted by Crippen LogP contribution is 2.53. The van der Waals surface area contributed by atoms with E-state index in [1.807, 2.05) is 6.92 Å². The summed E-state index contributed by atoms with van der Waals surface area (Å²) in [7, 11) is 0. The molecule has 2 aliphatic heterocycles. The van der Waals surface area contributed by atoms with Gasteiger partial charge in [0.1, 0.15) is 17.8 Å². The predicted molar refractivity (Wildman–Crippen MR) is 212 cm³/mol. The second kappa shape index (κ2) is 24.4. The van der Waals surface area contributed by atoms with Crippen LogP contribution >= 0.6 is 23.5 Å². The smallest absolute Gasteiger partial charge is 0.220 e. The molecule has 0 aliphatic carbocycles. The van der Waals surface area contributed by atoms with Gasteiger partial charge in [0, 0.05) is 5.57 Å². The zero-order valence-corrected chi connectivity index (χ0v) is 32.8. The van der Waals surface area contributed by atoms with Gasteiger partial charge in [0.25, 0.3) is 0 Å². The first-order valence-corrected chi connectivity index (χ1v) is 20.5. The molecule has 0 bridgehead atoms. The number of rotatable bonds is 27. The van der Waals surface area contributed by atoms with Gasteiger partial charge in [-0.3, -0.25) is 14.4 Å². The minimum atomic E-state index is -0.914. The number of hydrogen-bond acceptors (Lipinski definition) is 6. The average Bonchev–Trinajstić information content (AvgIpc) is 3.40. The van der Waals surface area contributed by atoms with E-state index >= 15 is 0 Å². The number of unbranched alkanes of at least 4 members (excludes halogenated alkanes) is 14. The van der Waals surface area contributed by atoms with Gasteiger partial charge in [-0.2, -0.15) is 0 Å². The van der Waals surface area contributed by atoms with Crippen molar-refractivity contribution in [3.63, 3.8) is 0 Å². The van der Waals surface area contributed by atoms with E-state index in [0.717, 1.165) is 43.4 Å². The fourth-order valence-electron chi connectivity index (χ4n) is 6.82. The van der Waals surface area contributed by atoms with E-state index in [9.17, 15) is 14.4 Å². The fraction of sp³-hybridized carbons (Fsp3) is 0.690. The standard InChI is InChI=1S/2C21H34O2S/c1-5-8-9-10-11-12-13-14-16-21(4)19(23-17-7-3)18(15-6-2)20(22)24-21;1-5-8-9-10-11-12-13-14-17-20(4)18(22)21(15-6-2,16-7-3)19(23)24-20/h2*6-7H,2-3,5,8-17H2,1,4H3/t21-;20-/m01/s1. The Balaban J connectivity index is 0.000000480. The van der Waals surface area contributed by atoms with Crippen LogP contribution in [0.1, 0.15) is 163 Å². The summed E-state index contributed by atoms with van der Waals surface area (Å²) < 4.78 is 5.11. The van der Waals surface area contributed by atoms with E-state index in [1.165, 1.54) is 107 Å². The lowest BCUT2D eigenvalue weighted by Gasteiger charge is -2.26. The Morgan fingerprint density at radius 1 is 0.604 bits per heavy atom. The van der Waals surface area contributed by atoms with E-state index < -0.39 is 10.2 Å². The Kier molecular flexibility index (Phi) is 22.5. The molecule has 0 aromatic rings. The van der Waals surface area contributed by atoms with Gasteiger partial charge in [0.2, 0.25) is 10.2 Å². The van der Waals surface area contributed by atoms with Crippen LogP contribution in [0.3, 0.4) is 0 Å². The fourth-order valence-corrected chi connectivity index (χ4v) is 9.45. The zero-order valence-electron chi connectivity index (χ0n) is 31.1. The van der Waals surface area contributed by atoms with Gasteiger partial charge < -0.3 is 4.74 Å². The normalized spacial score (nSPS) is 21.6. The van der Waals surface area contributed by atoms with Gasteiger partial charge >= 0.3 is 0 Å². The number of carbonyl (C=O) groups excluding carboxylic acids is 3. The topological polar surface area (TPSA) is 60.4 Å². The summed E-state index contributed by atoms with van der Waals surface area (Å²) in [6.07, 6.45) is 30.5. The van der Waals surface area contributed by atoms with Crippen LogP contribution in [0.4, 0.5) is 0 Å². The Morgan fingerprint density at radius 2 is 1.06 bits per heavy atom. The maximum absolute atomic E-state index is 13.0. The van der Waals surface area contributed by atoms with Crippen LogP contribution in [0.15, 0.2) is 62.0 Å². The van der Waals surface area contributed by atoms with Crippen molar-refractivity contribution in [2.45, 2.75) is 172 Å². The molecule has 2 atom stereocenters. The molecule has 0 amide bonds. The summed E-state index contributed by atoms with van der Waals surface area (Å²) in [4.78, 5) is 38.0. The maximum Gasteiger partial charge on any atom is 0.220 e. The number of carbonyl (C=O) groups is 3. The summed E-state index contributed by atoms with van der Waals surface area (Å²) in [6.45, 7) is 24.0. The molecule has 1 fully saturated rings. The number of Topliss-reactive ketones (excluding diaryl/α,β-unsaturated/α-hetero) is 1. The SMILES string of the molecule is C=CCC1(CC=C)C(=O)S[C@](C)(CCCCCCCCCC)C1=O.C=CCOC1=C(CC=C)C(=O)S[C@@]1(C)CCCCCCCCCC. The van der Waals surface area contributed by atoms with Crippen molar-refractivity contribution >= 4 is 39.5 Å². The molecule has 2 rings (SSSR count). The molecule has 0 spiro atoms. The second-order valence-electron chi connectivity index (χ2n) is 14.0. The second-order valence-corrected chi connectivity index (χ2v) is 16.9. The van der Waals surface area contributed by atoms with Crippen LogP contribution in [0, 0.1) is 5.41 Å². The first kappa shape index (κ1) is 44.2. The van der Waals surface area contributed by atoms with Crippen molar-refractivity contribution in [2.75, 3.05) is 6.61 Å². The molecule has 2 aliphatic rings. The minimum absolute atomic E-state index is 0.00867. The van der Waals surface area contributed by atoms with Gasteiger partial charge in [0.15, 0.2) is 5.78 Å². The number of hydrogen-bond donors (Lipinski definition) is 0. The molecule has 0 N–H and O–H groups in total. The van der Waals surface area contributed by atoms with Crippen LogP contribution < -0.4 is 0 Å². The zero-order chi connectivity index (χ0) is 35.9. The summed E-state index contributed by atoms with van der Waals surface area (Å²) >= 11 is 2.68. The van der Waals surface area contributed by atoms with Crippen molar-refractivity contribution in [3.8, 4) is 0 Å². The monoisotopic (exact) mass is 700 g/mol. The van der Waals surface area contributed by atoms with Gasteiger partial charge in [-0.05, 0) is 46.0 Å². The summed E-state index contributed by atoms with van der Waals surface area (Å²) in [6, 6.07) is 0. The van der Waals surface area contributed by atoms with E-state index in [2.05, 4.69) is 47.1 Å². The highest BCUT2D eigenvalue weighted by molar-refractivity contribution is 8.16. The van der Waals surface area contributed by atoms with Crippen molar-refractivity contribution < 1.29 is 19.1 Å². The Morgan fingerprint density at radius 3 is 1.50 bits per heavy atom. The molecular formula is C42H68O4S2. The van der Waals surface area contributed by atoms with E-state index in [0.29, 0.717) is 25.9 Å². The Bertz CT molecular complexity index is 1070.